The van der Waals surface area contributed by atoms with Crippen molar-refractivity contribution in [1.29, 1.82) is 0 Å². The average Bonchev–Trinajstić information content (AvgIpc) is 2.34. The first-order valence-corrected chi connectivity index (χ1v) is 6.34. The molecule has 0 bridgehead atoms. The normalized spacial score (nSPS) is 10.1. The molecule has 0 aliphatic carbocycles. The van der Waals surface area contributed by atoms with E-state index in [0.717, 1.165) is 0 Å². The third kappa shape index (κ3) is 15.1. The van der Waals surface area contributed by atoms with Gasteiger partial charge in [-0.25, -0.2) is 9.59 Å². The van der Waals surface area contributed by atoms with Crippen LogP contribution >= 0.6 is 0 Å². The number of aliphatic carboxylic acids is 6. The minimum atomic E-state index is -2.74. The maximum absolute atomic E-state index is 10.3. The smallest absolute Gasteiger partial charge is 0.316 e. The second kappa shape index (κ2) is 15.0. The van der Waals surface area contributed by atoms with Crippen LogP contribution in [0.4, 0.5) is 0 Å². The van der Waals surface area contributed by atoms with Crippen LogP contribution in [0, 0.1) is 0 Å². The first kappa shape index (κ1) is 34.6. The summed E-state index contributed by atoms with van der Waals surface area (Å²) in [5, 5.41) is 67.6. The summed E-state index contributed by atoms with van der Waals surface area (Å²) in [6.45, 7) is 0. The van der Waals surface area contributed by atoms with E-state index in [2.05, 4.69) is 0 Å². The van der Waals surface area contributed by atoms with Crippen LogP contribution in [0.2, 0.25) is 0 Å². The van der Waals surface area contributed by atoms with E-state index < -0.39 is 72.7 Å². The fourth-order valence-electron chi connectivity index (χ4n) is 1.43. The van der Waals surface area contributed by atoms with E-state index in [4.69, 9.17) is 40.9 Å². The predicted molar refractivity (Wildman–Crippen MR) is 89.9 cm³/mol. The van der Waals surface area contributed by atoms with Crippen molar-refractivity contribution < 1.29 is 69.6 Å². The van der Waals surface area contributed by atoms with Crippen LogP contribution in [0.3, 0.4) is 0 Å². The summed E-state index contributed by atoms with van der Waals surface area (Å²) in [6.07, 6.45) is -4.58. The molecule has 0 amide bonds. The molecule has 154 valence electrons. The number of carboxylic acid groups (broad SMARTS) is 6. The van der Waals surface area contributed by atoms with E-state index in [9.17, 15) is 28.8 Å². The van der Waals surface area contributed by atoms with Crippen molar-refractivity contribution in [2.24, 2.45) is 0 Å². The molecule has 0 saturated heterocycles. The molecule has 14 nitrogen and oxygen atoms in total. The summed E-state index contributed by atoms with van der Waals surface area (Å²) in [6, 6.07) is 0. The van der Waals surface area contributed by atoms with E-state index in [-0.39, 0.29) is 74.4 Å². The Hall–Kier alpha value is -0.857. The van der Waals surface area contributed by atoms with Gasteiger partial charge in [0.15, 0.2) is 11.2 Å². The molecule has 0 heterocycles. The van der Waals surface area contributed by atoms with Crippen LogP contribution < -0.4 is 0 Å². The van der Waals surface area contributed by atoms with Gasteiger partial charge in [-0.3, -0.25) is 19.2 Å². The van der Waals surface area contributed by atoms with Crippen molar-refractivity contribution >= 4 is 110 Å². The maximum atomic E-state index is 10.3. The molecular weight excluding hydrogens is 432 g/mol. The first-order chi connectivity index (χ1) is 11.6. The first-order valence-electron chi connectivity index (χ1n) is 6.34. The maximum Gasteiger partial charge on any atom is 0.316 e. The molecule has 0 aliphatic heterocycles. The summed E-state index contributed by atoms with van der Waals surface area (Å²) >= 11 is 0. The van der Waals surface area contributed by atoms with Gasteiger partial charge in [0.1, 0.15) is 0 Å². The molecule has 28 heavy (non-hydrogen) atoms. The topological polar surface area (TPSA) is 264 Å². The van der Waals surface area contributed by atoms with Gasteiger partial charge in [0.05, 0.1) is 25.7 Å². The molecule has 0 radical (unpaired) electrons. The Bertz CT molecular complexity index is 519. The van der Waals surface area contributed by atoms with E-state index in [0.29, 0.717) is 0 Å². The Balaban J connectivity index is -0.000000192. The molecular formula is C12H19KMgO14. The van der Waals surface area contributed by atoms with Gasteiger partial charge < -0.3 is 40.9 Å². The monoisotopic (exact) mass is 450 g/mol. The zero-order valence-corrected chi connectivity index (χ0v) is 12.9. The number of carbonyl (C=O) groups is 6. The molecule has 0 fully saturated rings. The van der Waals surface area contributed by atoms with Crippen LogP contribution in [0.5, 0.6) is 0 Å². The largest absolute Gasteiger partial charge is 0.316 e. The number of hydrogen-bond donors (Lipinski definition) is 8. The molecule has 0 aromatic heterocycles. The van der Waals surface area contributed by atoms with Crippen molar-refractivity contribution in [1.82, 2.24) is 0 Å². The summed E-state index contributed by atoms with van der Waals surface area (Å²) < 4.78 is 0. The van der Waals surface area contributed by atoms with Crippen LogP contribution in [-0.4, -0.2) is 162 Å². The SMILES string of the molecule is O=C(O)CC(O)(CC(=O)O)C(=O)O.O=C(O)CC(O)(CC(=O)O)C(=O)O.[KH].[MgH2]. The molecule has 0 unspecified atom stereocenters. The van der Waals surface area contributed by atoms with Crippen molar-refractivity contribution in [2.45, 2.75) is 36.9 Å². The molecule has 0 atom stereocenters. The van der Waals surface area contributed by atoms with Crippen LogP contribution in [0.1, 0.15) is 25.7 Å². The van der Waals surface area contributed by atoms with E-state index in [1.165, 1.54) is 0 Å². The van der Waals surface area contributed by atoms with Crippen LogP contribution in [-0.2, 0) is 28.8 Å². The molecule has 0 aromatic rings. The number of rotatable bonds is 10. The summed E-state index contributed by atoms with van der Waals surface area (Å²) in [7, 11) is 0. The van der Waals surface area contributed by atoms with Gasteiger partial charge in [0, 0.05) is 0 Å². The van der Waals surface area contributed by atoms with Gasteiger partial charge in [0.25, 0.3) is 0 Å². The minimum Gasteiger partial charge on any atom is 0.316 e. The Morgan fingerprint density at radius 1 is 0.500 bits per heavy atom. The summed E-state index contributed by atoms with van der Waals surface area (Å²) in [5.41, 5.74) is -5.48. The average molecular weight is 451 g/mol. The Kier molecular flexibility index (Phi) is 18.6. The number of hydrogen-bond acceptors (Lipinski definition) is 8. The van der Waals surface area contributed by atoms with Crippen LogP contribution in [0.15, 0.2) is 0 Å². The second-order valence-electron chi connectivity index (χ2n) is 4.96. The third-order valence-corrected chi connectivity index (χ3v) is 2.57. The Labute approximate surface area is 214 Å². The van der Waals surface area contributed by atoms with Crippen molar-refractivity contribution in [2.75, 3.05) is 0 Å². The van der Waals surface area contributed by atoms with E-state index in [1.807, 2.05) is 0 Å². The molecule has 0 rings (SSSR count). The molecule has 0 aromatic carbocycles. The zero-order chi connectivity index (χ0) is 21.3. The van der Waals surface area contributed by atoms with Crippen molar-refractivity contribution in [3.05, 3.63) is 0 Å². The molecule has 8 N–H and O–H groups in total. The third-order valence-electron chi connectivity index (χ3n) is 2.57. The van der Waals surface area contributed by atoms with Gasteiger partial charge in [-0.2, -0.15) is 0 Å². The number of carboxylic acids is 6. The molecule has 0 spiro atoms. The predicted octanol–water partition coefficient (Wildman–Crippen LogP) is -4.06. The van der Waals surface area contributed by atoms with Crippen molar-refractivity contribution in [3.8, 4) is 0 Å². The Morgan fingerprint density at radius 2 is 0.643 bits per heavy atom. The summed E-state index contributed by atoms with van der Waals surface area (Å²) in [4.78, 5) is 61.0. The Morgan fingerprint density at radius 3 is 0.714 bits per heavy atom. The van der Waals surface area contributed by atoms with Gasteiger partial charge >= 0.3 is 110 Å². The molecule has 16 heteroatoms. The van der Waals surface area contributed by atoms with E-state index >= 15 is 0 Å². The molecule has 0 saturated carbocycles. The number of aliphatic hydroxyl groups is 2. The standard InChI is InChI=1S/2C6H8O7.K.Mg.3H/c2*7-3(8)1-6(13,5(11)12)2-4(9)10;;;;;/h2*13H,1-2H2,(H,7,8)(H,9,10)(H,11,12);;;;;. The van der Waals surface area contributed by atoms with Gasteiger partial charge in [0.2, 0.25) is 0 Å². The fraction of sp³-hybridized carbons (Fsp3) is 0.500. The van der Waals surface area contributed by atoms with E-state index in [1.54, 1.807) is 0 Å². The molecule has 0 aliphatic rings. The van der Waals surface area contributed by atoms with Gasteiger partial charge in [-0.15, -0.1) is 0 Å². The summed E-state index contributed by atoms with van der Waals surface area (Å²) in [5.74, 6) is -10.0. The zero-order valence-electron chi connectivity index (χ0n) is 12.9. The second-order valence-corrected chi connectivity index (χ2v) is 4.96. The minimum absolute atomic E-state index is 0. The quantitative estimate of drug-likeness (QED) is 0.147. The van der Waals surface area contributed by atoms with Gasteiger partial charge in [-0.05, 0) is 0 Å². The van der Waals surface area contributed by atoms with Crippen LogP contribution in [0.25, 0.3) is 0 Å². The van der Waals surface area contributed by atoms with Gasteiger partial charge in [-0.1, -0.05) is 0 Å². The fourth-order valence-corrected chi connectivity index (χ4v) is 1.43. The van der Waals surface area contributed by atoms with Crippen molar-refractivity contribution in [3.63, 3.8) is 0 Å².